The van der Waals surface area contributed by atoms with Crippen molar-refractivity contribution >= 4 is 43.5 Å². The molecule has 0 amide bonds. The molecule has 1 saturated heterocycles. The number of halogens is 2. The summed E-state index contributed by atoms with van der Waals surface area (Å²) in [4.78, 5) is 11.3. The Hall–Kier alpha value is -0.630. The van der Waals surface area contributed by atoms with Gasteiger partial charge >= 0.3 is 5.97 Å². The Morgan fingerprint density at radius 2 is 2.15 bits per heavy atom. The summed E-state index contributed by atoms with van der Waals surface area (Å²) in [6, 6.07) is 4.33. The van der Waals surface area contributed by atoms with Gasteiger partial charge in [0.1, 0.15) is 0 Å². The summed E-state index contributed by atoms with van der Waals surface area (Å²) in [6.45, 7) is 1.74. The smallest absolute Gasteiger partial charge is 0.310 e. The predicted octanol–water partition coefficient (Wildman–Crippen LogP) is 2.59. The number of carbonyl (C=O) groups is 1. The van der Waals surface area contributed by atoms with E-state index in [1.807, 2.05) is 0 Å². The molecule has 1 atom stereocenters. The molecule has 1 aliphatic heterocycles. The zero-order valence-corrected chi connectivity index (χ0v) is 13.8. The first-order valence-electron chi connectivity index (χ1n) is 5.85. The van der Waals surface area contributed by atoms with Crippen LogP contribution in [-0.4, -0.2) is 36.9 Å². The fourth-order valence-corrected chi connectivity index (χ4v) is 4.32. The predicted molar refractivity (Wildman–Crippen MR) is 78.3 cm³/mol. The maximum atomic E-state index is 12.5. The normalized spacial score (nSPS) is 23.9. The first kappa shape index (κ1) is 15.8. The summed E-state index contributed by atoms with van der Waals surface area (Å²) in [5, 5.41) is 9.58. The van der Waals surface area contributed by atoms with Crippen LogP contribution in [-0.2, 0) is 14.8 Å². The quantitative estimate of drug-likeness (QED) is 0.872. The molecule has 0 saturated carbocycles. The molecule has 1 N–H and O–H groups in total. The van der Waals surface area contributed by atoms with Gasteiger partial charge in [0, 0.05) is 17.6 Å². The third-order valence-electron chi connectivity index (χ3n) is 3.48. The Bertz CT molecular complexity index is 663. The van der Waals surface area contributed by atoms with E-state index in [9.17, 15) is 13.2 Å². The van der Waals surface area contributed by atoms with Gasteiger partial charge in [-0.3, -0.25) is 4.79 Å². The largest absolute Gasteiger partial charge is 0.481 e. The lowest BCUT2D eigenvalue weighted by Crippen LogP contribution is -2.34. The summed E-state index contributed by atoms with van der Waals surface area (Å²) in [5.41, 5.74) is -1.03. The highest BCUT2D eigenvalue weighted by Crippen LogP contribution is 2.35. The van der Waals surface area contributed by atoms with Crippen molar-refractivity contribution < 1.29 is 18.3 Å². The first-order chi connectivity index (χ1) is 9.17. The molecular weight excluding hydrogens is 370 g/mol. The van der Waals surface area contributed by atoms with Crippen molar-refractivity contribution in [3.05, 3.63) is 27.7 Å². The highest BCUT2D eigenvalue weighted by Gasteiger charge is 2.44. The van der Waals surface area contributed by atoms with E-state index in [4.69, 9.17) is 16.7 Å². The average molecular weight is 383 g/mol. The lowest BCUT2D eigenvalue weighted by molar-refractivity contribution is -0.146. The van der Waals surface area contributed by atoms with E-state index >= 15 is 0 Å². The number of rotatable bonds is 3. The summed E-state index contributed by atoms with van der Waals surface area (Å²) in [6.07, 6.45) is 0.302. The number of carboxylic acid groups (broad SMARTS) is 1. The van der Waals surface area contributed by atoms with Gasteiger partial charge in [-0.1, -0.05) is 11.6 Å². The fraction of sp³-hybridized carbons (Fsp3) is 0.417. The molecule has 1 aromatic rings. The lowest BCUT2D eigenvalue weighted by atomic mass is 9.90. The van der Waals surface area contributed by atoms with E-state index in [1.165, 1.54) is 22.5 Å². The van der Waals surface area contributed by atoms with Crippen LogP contribution >= 0.6 is 27.5 Å². The second-order valence-electron chi connectivity index (χ2n) is 5.03. The van der Waals surface area contributed by atoms with Crippen LogP contribution in [0.4, 0.5) is 0 Å². The van der Waals surface area contributed by atoms with Crippen molar-refractivity contribution in [2.75, 3.05) is 13.1 Å². The van der Waals surface area contributed by atoms with E-state index in [0.717, 1.165) is 0 Å². The summed E-state index contributed by atoms with van der Waals surface area (Å²) < 4.78 is 26.6. The number of nitrogens with zero attached hydrogens (tertiary/aromatic N) is 1. The van der Waals surface area contributed by atoms with Gasteiger partial charge < -0.3 is 5.11 Å². The standard InChI is InChI=1S/C12H13BrClNO4S/c1-12(11(16)17)4-5-15(7-12)20(18,19)8-2-3-10(14)9(13)6-8/h2-3,6H,4-5,7H2,1H3,(H,16,17). The number of sulfonamides is 1. The molecule has 20 heavy (non-hydrogen) atoms. The molecule has 0 aromatic heterocycles. The van der Waals surface area contributed by atoms with Crippen LogP contribution in [0.3, 0.4) is 0 Å². The monoisotopic (exact) mass is 381 g/mol. The van der Waals surface area contributed by atoms with Gasteiger partial charge in [0.25, 0.3) is 0 Å². The Balaban J connectivity index is 2.33. The minimum atomic E-state index is -3.70. The number of hydrogen-bond acceptors (Lipinski definition) is 3. The van der Waals surface area contributed by atoms with E-state index in [2.05, 4.69) is 15.9 Å². The molecule has 0 aliphatic carbocycles. The van der Waals surface area contributed by atoms with Crippen molar-refractivity contribution in [2.24, 2.45) is 5.41 Å². The van der Waals surface area contributed by atoms with E-state index < -0.39 is 21.4 Å². The Labute approximate surface area is 130 Å². The minimum absolute atomic E-state index is 0.0229. The van der Waals surface area contributed by atoms with Crippen LogP contribution in [0.2, 0.25) is 5.02 Å². The lowest BCUT2D eigenvalue weighted by Gasteiger charge is -2.20. The highest BCUT2D eigenvalue weighted by atomic mass is 79.9. The van der Waals surface area contributed by atoms with E-state index in [1.54, 1.807) is 6.92 Å². The third-order valence-corrected chi connectivity index (χ3v) is 6.54. The van der Waals surface area contributed by atoms with E-state index in [0.29, 0.717) is 15.9 Å². The molecule has 1 unspecified atom stereocenters. The molecule has 5 nitrogen and oxygen atoms in total. The Kier molecular flexibility index (Phi) is 4.17. The average Bonchev–Trinajstić information content (AvgIpc) is 2.77. The molecule has 8 heteroatoms. The molecule has 110 valence electrons. The zero-order chi connectivity index (χ0) is 15.1. The SMILES string of the molecule is CC1(C(=O)O)CCN(S(=O)(=O)c2ccc(Cl)c(Br)c2)C1. The van der Waals surface area contributed by atoms with Gasteiger partial charge in [-0.25, -0.2) is 8.42 Å². The van der Waals surface area contributed by atoms with Crippen molar-refractivity contribution in [2.45, 2.75) is 18.2 Å². The van der Waals surface area contributed by atoms with Crippen LogP contribution in [0.15, 0.2) is 27.6 Å². The fourth-order valence-electron chi connectivity index (χ4n) is 2.08. The molecule has 1 fully saturated rings. The Morgan fingerprint density at radius 3 is 2.65 bits per heavy atom. The summed E-state index contributed by atoms with van der Waals surface area (Å²) >= 11 is 9.03. The third kappa shape index (κ3) is 2.72. The van der Waals surface area contributed by atoms with Gasteiger partial charge in [0.2, 0.25) is 10.0 Å². The van der Waals surface area contributed by atoms with Crippen molar-refractivity contribution in [3.8, 4) is 0 Å². The second kappa shape index (κ2) is 5.29. The maximum absolute atomic E-state index is 12.5. The van der Waals surface area contributed by atoms with Gasteiger partial charge in [-0.2, -0.15) is 4.31 Å². The molecule has 2 rings (SSSR count). The second-order valence-corrected chi connectivity index (χ2v) is 8.23. The van der Waals surface area contributed by atoms with Gasteiger partial charge in [-0.15, -0.1) is 0 Å². The van der Waals surface area contributed by atoms with E-state index in [-0.39, 0.29) is 18.0 Å². The van der Waals surface area contributed by atoms with Crippen molar-refractivity contribution in [3.63, 3.8) is 0 Å². The van der Waals surface area contributed by atoms with Crippen molar-refractivity contribution in [1.82, 2.24) is 4.31 Å². The van der Waals surface area contributed by atoms with Crippen LogP contribution < -0.4 is 0 Å². The number of hydrogen-bond donors (Lipinski definition) is 1. The summed E-state index contributed by atoms with van der Waals surface area (Å²) in [7, 11) is -3.70. The van der Waals surface area contributed by atoms with Crippen molar-refractivity contribution in [1.29, 1.82) is 0 Å². The van der Waals surface area contributed by atoms with Gasteiger partial charge in [-0.05, 0) is 47.5 Å². The maximum Gasteiger partial charge on any atom is 0.310 e. The van der Waals surface area contributed by atoms with Gasteiger partial charge in [0.05, 0.1) is 15.3 Å². The Morgan fingerprint density at radius 1 is 1.50 bits per heavy atom. The van der Waals surface area contributed by atoms with Crippen LogP contribution in [0, 0.1) is 5.41 Å². The van der Waals surface area contributed by atoms with Crippen LogP contribution in [0.5, 0.6) is 0 Å². The molecule has 0 spiro atoms. The molecule has 1 aliphatic rings. The molecule has 0 bridgehead atoms. The topological polar surface area (TPSA) is 74.7 Å². The van der Waals surface area contributed by atoms with Crippen LogP contribution in [0.1, 0.15) is 13.3 Å². The summed E-state index contributed by atoms with van der Waals surface area (Å²) in [5.74, 6) is -0.979. The van der Waals surface area contributed by atoms with Gasteiger partial charge in [0.15, 0.2) is 0 Å². The molecule has 1 heterocycles. The first-order valence-corrected chi connectivity index (χ1v) is 8.46. The number of carboxylic acids is 1. The molecule has 1 aromatic carbocycles. The minimum Gasteiger partial charge on any atom is -0.481 e. The highest BCUT2D eigenvalue weighted by molar-refractivity contribution is 9.10. The molecular formula is C12H13BrClNO4S. The number of aliphatic carboxylic acids is 1. The molecule has 0 radical (unpaired) electrons. The number of benzene rings is 1. The zero-order valence-electron chi connectivity index (χ0n) is 10.6. The van der Waals surface area contributed by atoms with Crippen LogP contribution in [0.25, 0.3) is 0 Å².